The van der Waals surface area contributed by atoms with Crippen molar-refractivity contribution in [1.29, 1.82) is 0 Å². The van der Waals surface area contributed by atoms with Gasteiger partial charge in [0.1, 0.15) is 6.10 Å². The van der Waals surface area contributed by atoms with E-state index in [4.69, 9.17) is 4.74 Å². The van der Waals surface area contributed by atoms with E-state index in [1.807, 2.05) is 18.4 Å². The summed E-state index contributed by atoms with van der Waals surface area (Å²) in [6.45, 7) is 3.80. The Hall–Kier alpha value is -1.16. The fourth-order valence-electron chi connectivity index (χ4n) is 2.76. The monoisotopic (exact) mass is 273 g/mol. The largest absolute Gasteiger partial charge is 0.370 e. The fraction of sp³-hybridized carbons (Fsp3) is 0.375. The number of fused-ring (bicyclic) bond motifs is 1. The number of rotatable bonds is 3. The Kier molecular flexibility index (Phi) is 3.69. The lowest BCUT2D eigenvalue weighted by Crippen LogP contribution is -2.26. The second-order valence-corrected chi connectivity index (χ2v) is 6.03. The van der Waals surface area contributed by atoms with Gasteiger partial charge >= 0.3 is 0 Å². The van der Waals surface area contributed by atoms with Crippen molar-refractivity contribution in [3.63, 3.8) is 0 Å². The van der Waals surface area contributed by atoms with Gasteiger partial charge in [0.05, 0.1) is 6.61 Å². The van der Waals surface area contributed by atoms with Crippen LogP contribution in [-0.4, -0.2) is 20.2 Å². The molecule has 1 aliphatic rings. The second-order valence-electron chi connectivity index (χ2n) is 5.09. The number of hydrogen-bond acceptors (Lipinski definition) is 3. The molecule has 0 fully saturated rings. The van der Waals surface area contributed by atoms with Crippen LogP contribution in [0.4, 0.5) is 0 Å². The number of aryl methyl sites for hydroxylation is 1. The first kappa shape index (κ1) is 12.9. The van der Waals surface area contributed by atoms with Crippen molar-refractivity contribution in [2.75, 3.05) is 20.2 Å². The summed E-state index contributed by atoms with van der Waals surface area (Å²) in [5.74, 6) is 0.384. The third-order valence-electron chi connectivity index (χ3n) is 3.69. The van der Waals surface area contributed by atoms with Gasteiger partial charge in [-0.1, -0.05) is 29.8 Å². The molecule has 1 aromatic heterocycles. The Morgan fingerprint density at radius 3 is 3.05 bits per heavy atom. The molecule has 1 aromatic carbocycles. The van der Waals surface area contributed by atoms with E-state index in [0.29, 0.717) is 5.92 Å². The summed E-state index contributed by atoms with van der Waals surface area (Å²) in [5.41, 5.74) is 4.12. The van der Waals surface area contributed by atoms with Crippen LogP contribution < -0.4 is 5.32 Å². The molecule has 0 amide bonds. The van der Waals surface area contributed by atoms with Crippen LogP contribution in [0.1, 0.15) is 33.6 Å². The maximum Gasteiger partial charge on any atom is 0.104 e. The van der Waals surface area contributed by atoms with Crippen LogP contribution >= 0.6 is 11.3 Å². The van der Waals surface area contributed by atoms with Crippen LogP contribution in [0.25, 0.3) is 0 Å². The molecule has 2 unspecified atom stereocenters. The van der Waals surface area contributed by atoms with Gasteiger partial charge in [0.2, 0.25) is 0 Å². The summed E-state index contributed by atoms with van der Waals surface area (Å²) in [6.07, 6.45) is 0.209. The number of likely N-dealkylation sites (N-methyl/N-ethyl adjacent to an activating group) is 1. The summed E-state index contributed by atoms with van der Waals surface area (Å²) in [5, 5.41) is 5.40. The van der Waals surface area contributed by atoms with E-state index in [2.05, 4.69) is 48.0 Å². The fourth-order valence-corrected chi connectivity index (χ4v) is 3.77. The van der Waals surface area contributed by atoms with Gasteiger partial charge in [0.25, 0.3) is 0 Å². The number of thiophene rings is 1. The molecule has 19 heavy (non-hydrogen) atoms. The molecule has 2 nitrogen and oxygen atoms in total. The van der Waals surface area contributed by atoms with E-state index >= 15 is 0 Å². The van der Waals surface area contributed by atoms with Crippen molar-refractivity contribution < 1.29 is 4.74 Å². The SMILES string of the molecule is CNCC1OCC(c2cccc(C)c2)c2ccsc21. The Bertz CT molecular complexity index is 563. The van der Waals surface area contributed by atoms with Crippen LogP contribution in [0.3, 0.4) is 0 Å². The van der Waals surface area contributed by atoms with Crippen LogP contribution in [0.15, 0.2) is 35.7 Å². The Labute approximate surface area is 118 Å². The molecular formula is C16H19NOS. The summed E-state index contributed by atoms with van der Waals surface area (Å²) in [6, 6.07) is 11.0. The number of benzene rings is 1. The zero-order valence-corrected chi connectivity index (χ0v) is 12.2. The van der Waals surface area contributed by atoms with Gasteiger partial charge in [0.15, 0.2) is 0 Å². The first-order valence-electron chi connectivity index (χ1n) is 6.69. The molecule has 3 heteroatoms. The van der Waals surface area contributed by atoms with Crippen molar-refractivity contribution in [3.05, 3.63) is 57.3 Å². The van der Waals surface area contributed by atoms with Crippen LogP contribution in [-0.2, 0) is 4.74 Å². The predicted molar refractivity (Wildman–Crippen MR) is 80.0 cm³/mol. The molecular weight excluding hydrogens is 254 g/mol. The number of hydrogen-bond donors (Lipinski definition) is 1. The molecule has 0 saturated heterocycles. The van der Waals surface area contributed by atoms with Crippen LogP contribution in [0, 0.1) is 6.92 Å². The lowest BCUT2D eigenvalue weighted by molar-refractivity contribution is 0.0383. The normalized spacial score (nSPS) is 22.2. The highest BCUT2D eigenvalue weighted by molar-refractivity contribution is 7.10. The highest BCUT2D eigenvalue weighted by atomic mass is 32.1. The van der Waals surface area contributed by atoms with Crippen molar-refractivity contribution in [3.8, 4) is 0 Å². The lowest BCUT2D eigenvalue weighted by Gasteiger charge is -2.29. The third kappa shape index (κ3) is 2.46. The van der Waals surface area contributed by atoms with E-state index in [9.17, 15) is 0 Å². The summed E-state index contributed by atoms with van der Waals surface area (Å²) in [4.78, 5) is 1.38. The van der Waals surface area contributed by atoms with Crippen molar-refractivity contribution >= 4 is 11.3 Å². The van der Waals surface area contributed by atoms with Gasteiger partial charge in [-0.05, 0) is 36.5 Å². The topological polar surface area (TPSA) is 21.3 Å². The minimum absolute atomic E-state index is 0.209. The maximum atomic E-state index is 6.06. The van der Waals surface area contributed by atoms with Crippen molar-refractivity contribution in [1.82, 2.24) is 5.32 Å². The molecule has 1 N–H and O–H groups in total. The number of nitrogens with one attached hydrogen (secondary N) is 1. The smallest absolute Gasteiger partial charge is 0.104 e. The van der Waals surface area contributed by atoms with Crippen LogP contribution in [0.5, 0.6) is 0 Å². The third-order valence-corrected chi connectivity index (χ3v) is 4.72. The Morgan fingerprint density at radius 2 is 2.26 bits per heavy atom. The summed E-state index contributed by atoms with van der Waals surface area (Å²) in [7, 11) is 1.98. The first-order chi connectivity index (χ1) is 9.29. The molecule has 2 aromatic rings. The zero-order valence-electron chi connectivity index (χ0n) is 11.3. The quantitative estimate of drug-likeness (QED) is 0.924. The van der Waals surface area contributed by atoms with Crippen LogP contribution in [0.2, 0.25) is 0 Å². The van der Waals surface area contributed by atoms with Gasteiger partial charge in [-0.25, -0.2) is 0 Å². The van der Waals surface area contributed by atoms with Crippen molar-refractivity contribution in [2.45, 2.75) is 18.9 Å². The Morgan fingerprint density at radius 1 is 1.37 bits per heavy atom. The van der Waals surface area contributed by atoms with Gasteiger partial charge in [-0.3, -0.25) is 0 Å². The number of ether oxygens (including phenoxy) is 1. The van der Waals surface area contributed by atoms with E-state index < -0.39 is 0 Å². The molecule has 3 rings (SSSR count). The second kappa shape index (κ2) is 5.45. The molecule has 0 bridgehead atoms. The average Bonchev–Trinajstić information content (AvgIpc) is 2.89. The summed E-state index contributed by atoms with van der Waals surface area (Å²) >= 11 is 1.81. The highest BCUT2D eigenvalue weighted by Gasteiger charge is 2.29. The minimum Gasteiger partial charge on any atom is -0.370 e. The lowest BCUT2D eigenvalue weighted by atomic mass is 9.89. The molecule has 100 valence electrons. The van der Waals surface area contributed by atoms with Gasteiger partial charge in [-0.2, -0.15) is 0 Å². The van der Waals surface area contributed by atoms with Gasteiger partial charge in [0, 0.05) is 17.3 Å². The minimum atomic E-state index is 0.209. The highest BCUT2D eigenvalue weighted by Crippen LogP contribution is 2.40. The first-order valence-corrected chi connectivity index (χ1v) is 7.57. The van der Waals surface area contributed by atoms with Crippen molar-refractivity contribution in [2.24, 2.45) is 0 Å². The average molecular weight is 273 g/mol. The molecule has 0 saturated carbocycles. The zero-order chi connectivity index (χ0) is 13.2. The maximum absolute atomic E-state index is 6.06. The molecule has 1 aliphatic heterocycles. The molecule has 0 radical (unpaired) electrons. The van der Waals surface area contributed by atoms with E-state index in [0.717, 1.165) is 13.2 Å². The predicted octanol–water partition coefficient (Wildman–Crippen LogP) is 3.48. The van der Waals surface area contributed by atoms with Gasteiger partial charge in [-0.15, -0.1) is 11.3 Å². The van der Waals surface area contributed by atoms with Gasteiger partial charge < -0.3 is 10.1 Å². The van der Waals surface area contributed by atoms with E-state index in [1.54, 1.807) is 0 Å². The molecule has 0 spiro atoms. The standard InChI is InChI=1S/C16H19NOS/c1-11-4-3-5-12(8-11)14-10-18-15(9-17-2)16-13(14)6-7-19-16/h3-8,14-15,17H,9-10H2,1-2H3. The summed E-state index contributed by atoms with van der Waals surface area (Å²) < 4.78 is 6.06. The Balaban J connectivity index is 1.95. The molecule has 0 aliphatic carbocycles. The van der Waals surface area contributed by atoms with E-state index in [-0.39, 0.29) is 6.10 Å². The molecule has 2 heterocycles. The van der Waals surface area contributed by atoms with E-state index in [1.165, 1.54) is 21.6 Å². The molecule has 2 atom stereocenters.